The molecule has 0 fully saturated rings. The van der Waals surface area contributed by atoms with E-state index in [1.807, 2.05) is 0 Å². The fourth-order valence-corrected chi connectivity index (χ4v) is 7.11. The maximum atomic E-state index is 11.6. The third kappa shape index (κ3) is 13.6. The number of rotatable bonds is 24. The van der Waals surface area contributed by atoms with Gasteiger partial charge in [0, 0.05) is 47.5 Å². The van der Waals surface area contributed by atoms with Crippen molar-refractivity contribution in [2.75, 3.05) is 13.2 Å². The number of fused-ring (bicyclic) bond motifs is 2. The largest absolute Gasteiger partial charge is 0.490 e. The fraction of sp³-hybridized carbons (Fsp3) is 0.417. The van der Waals surface area contributed by atoms with Crippen molar-refractivity contribution in [1.29, 1.82) is 0 Å². The number of benzene rings is 4. The lowest BCUT2D eigenvalue weighted by molar-refractivity contribution is -0.422. The SMILES string of the molecule is CCCCCCCCCCOc1cc2nc3c(C#Cc4ccc([N+](=O)[O-])c([N+](=O)[O-])c4)ccc(C#Cc4ccc([N+](=O)[O-])c([N+](=O)[O-])c4)c3nc2cc1OCCCCCCCCCC. The van der Waals surface area contributed by atoms with Crippen LogP contribution in [0.2, 0.25) is 0 Å². The number of unbranched alkanes of at least 4 members (excludes halogenated alkanes) is 14. The van der Waals surface area contributed by atoms with Crippen molar-refractivity contribution in [3.05, 3.63) is 123 Å². The molecule has 1 heterocycles. The first kappa shape index (κ1) is 47.8. The molecule has 0 bridgehead atoms. The molecule has 0 aliphatic rings. The van der Waals surface area contributed by atoms with Gasteiger partial charge in [-0.3, -0.25) is 40.5 Å². The van der Waals surface area contributed by atoms with E-state index in [1.165, 1.54) is 76.3 Å². The Morgan fingerprint density at radius 3 is 1.12 bits per heavy atom. The molecule has 0 saturated carbocycles. The van der Waals surface area contributed by atoms with Gasteiger partial charge in [-0.25, -0.2) is 9.97 Å². The Hall–Kier alpha value is -7.20. The van der Waals surface area contributed by atoms with Gasteiger partial charge in [0.25, 0.3) is 0 Å². The summed E-state index contributed by atoms with van der Waals surface area (Å²) in [6.07, 6.45) is 18.4. The molecule has 0 atom stereocenters. The standard InChI is InChI=1S/C48H52N6O10/c1-3-5-7-9-11-13-15-17-29-63-45-33-39-40(34-46(45)64-30-18-16-14-12-10-8-6-4-2)50-48-38(24-20-36-22-28-42(52(57)58)44(32-36)54(61)62)26-25-37(47(48)49-39)23-19-35-21-27-41(51(55)56)43(31-35)53(59)60/h21-22,25-28,31-34H,3-18,29-30H2,1-2H3. The molecule has 0 aliphatic heterocycles. The van der Waals surface area contributed by atoms with Gasteiger partial charge < -0.3 is 9.47 Å². The van der Waals surface area contributed by atoms with Crippen LogP contribution >= 0.6 is 0 Å². The number of aromatic nitrogens is 2. The Labute approximate surface area is 371 Å². The van der Waals surface area contributed by atoms with Crippen molar-refractivity contribution in [2.24, 2.45) is 0 Å². The number of nitrogens with zero attached hydrogens (tertiary/aromatic N) is 6. The van der Waals surface area contributed by atoms with E-state index in [2.05, 4.69) is 37.5 Å². The van der Waals surface area contributed by atoms with Crippen molar-refractivity contribution in [1.82, 2.24) is 9.97 Å². The van der Waals surface area contributed by atoms with Gasteiger partial charge in [-0.15, -0.1) is 0 Å². The highest BCUT2D eigenvalue weighted by Crippen LogP contribution is 2.34. The van der Waals surface area contributed by atoms with Crippen molar-refractivity contribution in [3.63, 3.8) is 0 Å². The van der Waals surface area contributed by atoms with Crippen molar-refractivity contribution in [2.45, 2.75) is 117 Å². The summed E-state index contributed by atoms with van der Waals surface area (Å²) in [6, 6.07) is 13.5. The summed E-state index contributed by atoms with van der Waals surface area (Å²) in [7, 11) is 0. The minimum Gasteiger partial charge on any atom is -0.490 e. The van der Waals surface area contributed by atoms with Crippen LogP contribution in [0.3, 0.4) is 0 Å². The predicted molar refractivity (Wildman–Crippen MR) is 245 cm³/mol. The van der Waals surface area contributed by atoms with Crippen LogP contribution in [-0.2, 0) is 0 Å². The lowest BCUT2D eigenvalue weighted by atomic mass is 10.1. The summed E-state index contributed by atoms with van der Waals surface area (Å²) in [5, 5.41) is 46.1. The summed E-state index contributed by atoms with van der Waals surface area (Å²) < 4.78 is 12.7. The Kier molecular flexibility index (Phi) is 18.3. The molecule has 5 rings (SSSR count). The van der Waals surface area contributed by atoms with Crippen LogP contribution in [-0.4, -0.2) is 42.9 Å². The van der Waals surface area contributed by atoms with Gasteiger partial charge in [0.05, 0.1) is 55.1 Å². The second kappa shape index (κ2) is 24.4. The molecule has 0 aliphatic carbocycles. The van der Waals surface area contributed by atoms with Crippen LogP contribution in [0.4, 0.5) is 22.7 Å². The van der Waals surface area contributed by atoms with Gasteiger partial charge in [-0.05, 0) is 37.1 Å². The minimum absolute atomic E-state index is 0.151. The summed E-state index contributed by atoms with van der Waals surface area (Å²) in [4.78, 5) is 52.7. The Balaban J connectivity index is 1.55. The average Bonchev–Trinajstić information content (AvgIpc) is 3.28. The first-order valence-electron chi connectivity index (χ1n) is 21.9. The third-order valence-corrected chi connectivity index (χ3v) is 10.6. The molecule has 0 amide bonds. The summed E-state index contributed by atoms with van der Waals surface area (Å²) in [6.45, 7) is 5.37. The molecule has 16 nitrogen and oxygen atoms in total. The quantitative estimate of drug-likeness (QED) is 0.0186. The molecule has 0 spiro atoms. The molecule has 0 radical (unpaired) electrons. The zero-order valence-electron chi connectivity index (χ0n) is 36.3. The van der Waals surface area contributed by atoms with Crippen LogP contribution in [0.15, 0.2) is 60.7 Å². The molecule has 1 aromatic heterocycles. The lowest BCUT2D eigenvalue weighted by Crippen LogP contribution is -2.04. The van der Waals surface area contributed by atoms with Crippen molar-refractivity contribution < 1.29 is 29.2 Å². The third-order valence-electron chi connectivity index (χ3n) is 10.6. The predicted octanol–water partition coefficient (Wildman–Crippen LogP) is 12.3. The first-order chi connectivity index (χ1) is 31.0. The number of ether oxygens (including phenoxy) is 2. The molecule has 0 saturated heterocycles. The van der Waals surface area contributed by atoms with E-state index in [1.54, 1.807) is 24.3 Å². The van der Waals surface area contributed by atoms with E-state index < -0.39 is 42.4 Å². The van der Waals surface area contributed by atoms with Crippen LogP contribution in [0.5, 0.6) is 11.5 Å². The summed E-state index contributed by atoms with van der Waals surface area (Å²) >= 11 is 0. The molecule has 0 N–H and O–H groups in total. The zero-order valence-corrected chi connectivity index (χ0v) is 36.3. The van der Waals surface area contributed by atoms with Gasteiger partial charge in [-0.1, -0.05) is 127 Å². The van der Waals surface area contributed by atoms with E-state index in [0.29, 0.717) is 57.9 Å². The topological polar surface area (TPSA) is 217 Å². The van der Waals surface area contributed by atoms with Gasteiger partial charge in [0.15, 0.2) is 11.5 Å². The summed E-state index contributed by atoms with van der Waals surface area (Å²) in [5.74, 6) is 12.7. The number of nitro benzene ring substituents is 4. The maximum Gasteiger partial charge on any atom is 0.347 e. The first-order valence-corrected chi connectivity index (χ1v) is 21.9. The number of nitro groups is 4. The van der Waals surface area contributed by atoms with Gasteiger partial charge in [0.1, 0.15) is 11.0 Å². The highest BCUT2D eigenvalue weighted by molar-refractivity contribution is 5.94. The highest BCUT2D eigenvalue weighted by atomic mass is 16.6. The minimum atomic E-state index is -0.842. The molecule has 64 heavy (non-hydrogen) atoms. The molecule has 5 aromatic rings. The lowest BCUT2D eigenvalue weighted by Gasteiger charge is -2.15. The zero-order chi connectivity index (χ0) is 45.8. The van der Waals surface area contributed by atoms with Gasteiger partial charge >= 0.3 is 22.7 Å². The Bertz CT molecular complexity index is 2430. The van der Waals surface area contributed by atoms with Crippen LogP contribution < -0.4 is 9.47 Å². The van der Waals surface area contributed by atoms with E-state index in [0.717, 1.165) is 62.8 Å². The smallest absolute Gasteiger partial charge is 0.347 e. The molecular weight excluding hydrogens is 821 g/mol. The molecule has 0 unspecified atom stereocenters. The number of hydrogen-bond acceptors (Lipinski definition) is 12. The second-order valence-electron chi connectivity index (χ2n) is 15.5. The molecular formula is C48H52N6O10. The molecule has 334 valence electrons. The molecule has 4 aromatic carbocycles. The van der Waals surface area contributed by atoms with E-state index in [-0.39, 0.29) is 11.1 Å². The Morgan fingerprint density at radius 2 is 0.781 bits per heavy atom. The second-order valence-corrected chi connectivity index (χ2v) is 15.5. The maximum absolute atomic E-state index is 11.6. The van der Waals surface area contributed by atoms with Crippen LogP contribution in [0, 0.1) is 64.1 Å². The highest BCUT2D eigenvalue weighted by Gasteiger charge is 2.25. The average molecular weight is 873 g/mol. The van der Waals surface area contributed by atoms with Crippen molar-refractivity contribution in [3.8, 4) is 35.2 Å². The van der Waals surface area contributed by atoms with Crippen LogP contribution in [0.25, 0.3) is 22.1 Å². The Morgan fingerprint density at radius 1 is 0.438 bits per heavy atom. The van der Waals surface area contributed by atoms with Gasteiger partial charge in [0.2, 0.25) is 0 Å². The van der Waals surface area contributed by atoms with Crippen LogP contribution in [0.1, 0.15) is 139 Å². The molecule has 16 heteroatoms. The normalized spacial score (nSPS) is 10.8. The van der Waals surface area contributed by atoms with E-state index in [4.69, 9.17) is 19.4 Å². The monoisotopic (exact) mass is 872 g/mol. The summed E-state index contributed by atoms with van der Waals surface area (Å²) in [5.41, 5.74) is -0.186. The van der Waals surface area contributed by atoms with Crippen molar-refractivity contribution >= 4 is 44.8 Å². The number of hydrogen-bond donors (Lipinski definition) is 0. The fourth-order valence-electron chi connectivity index (χ4n) is 7.11. The van der Waals surface area contributed by atoms with E-state index >= 15 is 0 Å². The van der Waals surface area contributed by atoms with Gasteiger partial charge in [-0.2, -0.15) is 0 Å². The van der Waals surface area contributed by atoms with E-state index in [9.17, 15) is 40.5 Å².